The maximum Gasteiger partial charge on any atom is 0.268 e. The van der Waals surface area contributed by atoms with Gasteiger partial charge in [0, 0.05) is 12.4 Å². The van der Waals surface area contributed by atoms with Gasteiger partial charge in [-0.2, -0.15) is 0 Å². The number of halogens is 1. The van der Waals surface area contributed by atoms with E-state index in [2.05, 4.69) is 18.8 Å². The van der Waals surface area contributed by atoms with Crippen LogP contribution in [0.15, 0.2) is 18.5 Å². The molecule has 2 aromatic heterocycles. The van der Waals surface area contributed by atoms with Crippen molar-refractivity contribution in [3.05, 3.63) is 34.7 Å². The van der Waals surface area contributed by atoms with Crippen LogP contribution in [-0.2, 0) is 0 Å². The normalized spacial score (nSPS) is 11.2. The number of amides is 1. The fourth-order valence-electron chi connectivity index (χ4n) is 1.51. The highest BCUT2D eigenvalue weighted by molar-refractivity contribution is 6.33. The molecule has 0 saturated heterocycles. The van der Waals surface area contributed by atoms with Crippen molar-refractivity contribution >= 4 is 23.2 Å². The number of primary amides is 1. The third kappa shape index (κ3) is 1.76. The average molecular weight is 238 g/mol. The largest absolute Gasteiger partial charge is 0.364 e. The second-order valence-electron chi connectivity index (χ2n) is 4.00. The molecule has 0 aromatic carbocycles. The molecular weight excluding hydrogens is 226 g/mol. The van der Waals surface area contributed by atoms with Crippen LogP contribution in [-0.4, -0.2) is 15.3 Å². The maximum absolute atomic E-state index is 11.0. The summed E-state index contributed by atoms with van der Waals surface area (Å²) in [6.45, 7) is 4.15. The first-order chi connectivity index (χ1) is 7.49. The molecule has 2 heterocycles. The van der Waals surface area contributed by atoms with E-state index in [-0.39, 0.29) is 5.69 Å². The minimum atomic E-state index is -0.550. The van der Waals surface area contributed by atoms with Crippen molar-refractivity contribution in [2.75, 3.05) is 0 Å². The molecule has 16 heavy (non-hydrogen) atoms. The van der Waals surface area contributed by atoms with E-state index in [1.807, 2.05) is 12.3 Å². The Morgan fingerprint density at radius 1 is 1.50 bits per heavy atom. The quantitative estimate of drug-likeness (QED) is 0.871. The van der Waals surface area contributed by atoms with Crippen molar-refractivity contribution in [2.24, 2.45) is 5.73 Å². The Morgan fingerprint density at radius 2 is 2.19 bits per heavy atom. The molecule has 84 valence electrons. The summed E-state index contributed by atoms with van der Waals surface area (Å²) in [6, 6.07) is 1.86. The topological polar surface area (TPSA) is 60.4 Å². The summed E-state index contributed by atoms with van der Waals surface area (Å²) in [7, 11) is 0. The molecule has 2 N–H and O–H groups in total. The Bertz CT molecular complexity index is 560. The van der Waals surface area contributed by atoms with Crippen LogP contribution in [0.25, 0.3) is 5.65 Å². The third-order valence-corrected chi connectivity index (χ3v) is 2.72. The van der Waals surface area contributed by atoms with E-state index in [9.17, 15) is 4.79 Å². The number of nitrogens with two attached hydrogens (primary N) is 1. The van der Waals surface area contributed by atoms with Crippen molar-refractivity contribution in [2.45, 2.75) is 19.8 Å². The Hall–Kier alpha value is -1.55. The Morgan fingerprint density at radius 3 is 2.75 bits per heavy atom. The number of aromatic nitrogens is 2. The van der Waals surface area contributed by atoms with E-state index in [1.54, 1.807) is 10.6 Å². The van der Waals surface area contributed by atoms with Crippen LogP contribution < -0.4 is 5.73 Å². The predicted molar refractivity (Wildman–Crippen MR) is 62.8 cm³/mol. The van der Waals surface area contributed by atoms with Gasteiger partial charge < -0.3 is 10.1 Å². The van der Waals surface area contributed by atoms with E-state index in [4.69, 9.17) is 17.3 Å². The van der Waals surface area contributed by atoms with E-state index in [1.165, 1.54) is 0 Å². The van der Waals surface area contributed by atoms with Crippen LogP contribution in [0.1, 0.15) is 35.8 Å². The lowest BCUT2D eigenvalue weighted by Gasteiger charge is -2.06. The molecule has 0 unspecified atom stereocenters. The van der Waals surface area contributed by atoms with Gasteiger partial charge in [-0.15, -0.1) is 0 Å². The molecule has 4 nitrogen and oxygen atoms in total. The van der Waals surface area contributed by atoms with Crippen molar-refractivity contribution in [3.8, 4) is 0 Å². The molecule has 2 rings (SSSR count). The number of carbonyl (C=O) groups is 1. The van der Waals surface area contributed by atoms with Crippen LogP contribution in [0.5, 0.6) is 0 Å². The molecule has 0 radical (unpaired) electrons. The summed E-state index contributed by atoms with van der Waals surface area (Å²) >= 11 is 6.09. The van der Waals surface area contributed by atoms with Crippen molar-refractivity contribution in [3.63, 3.8) is 0 Å². The number of carbonyl (C=O) groups excluding carboxylic acids is 1. The monoisotopic (exact) mass is 237 g/mol. The number of rotatable bonds is 2. The Balaban J connectivity index is 2.68. The lowest BCUT2D eigenvalue weighted by Crippen LogP contribution is -2.10. The van der Waals surface area contributed by atoms with Crippen molar-refractivity contribution < 1.29 is 4.79 Å². The molecule has 0 saturated carbocycles. The summed E-state index contributed by atoms with van der Waals surface area (Å²) in [6.07, 6.45) is 3.50. The summed E-state index contributed by atoms with van der Waals surface area (Å²) < 4.78 is 1.73. The van der Waals surface area contributed by atoms with Gasteiger partial charge in [-0.25, -0.2) is 4.98 Å². The first kappa shape index (κ1) is 11.0. The predicted octanol–water partition coefficient (Wildman–Crippen LogP) is 2.21. The van der Waals surface area contributed by atoms with E-state index in [0.29, 0.717) is 16.6 Å². The zero-order chi connectivity index (χ0) is 11.9. The second-order valence-corrected chi connectivity index (χ2v) is 4.40. The summed E-state index contributed by atoms with van der Waals surface area (Å²) in [5, 5.41) is 0.527. The minimum absolute atomic E-state index is 0.225. The standard InChI is InChI=1S/C11H12ClN3O/c1-6(2)7-3-8(12)11-14-9(10(13)16)5-15(11)4-7/h3-6H,1-2H3,(H2,13,16). The molecule has 0 aliphatic carbocycles. The van der Waals surface area contributed by atoms with Crippen LogP contribution in [0, 0.1) is 0 Å². The van der Waals surface area contributed by atoms with Crippen LogP contribution in [0.2, 0.25) is 5.02 Å². The molecule has 0 fully saturated rings. The molecule has 0 aliphatic rings. The number of pyridine rings is 1. The molecule has 1 amide bonds. The van der Waals surface area contributed by atoms with Gasteiger partial charge in [-0.1, -0.05) is 25.4 Å². The second kappa shape index (κ2) is 3.79. The van der Waals surface area contributed by atoms with Gasteiger partial charge in [0.25, 0.3) is 5.91 Å². The molecule has 5 heteroatoms. The van der Waals surface area contributed by atoms with Gasteiger partial charge in [0.2, 0.25) is 0 Å². The van der Waals surface area contributed by atoms with Crippen molar-refractivity contribution in [1.82, 2.24) is 9.38 Å². The number of hydrogen-bond donors (Lipinski definition) is 1. The Labute approximate surface area is 98.0 Å². The molecule has 0 aliphatic heterocycles. The summed E-state index contributed by atoms with van der Waals surface area (Å²) in [5.74, 6) is -0.188. The van der Waals surface area contributed by atoms with E-state index in [0.717, 1.165) is 5.56 Å². The SMILES string of the molecule is CC(C)c1cc(Cl)c2nc(C(N)=O)cn2c1. The molecule has 0 bridgehead atoms. The number of hydrogen-bond acceptors (Lipinski definition) is 2. The summed E-state index contributed by atoms with van der Waals surface area (Å²) in [4.78, 5) is 15.1. The highest BCUT2D eigenvalue weighted by atomic mass is 35.5. The van der Waals surface area contributed by atoms with Gasteiger partial charge in [0.1, 0.15) is 5.69 Å². The maximum atomic E-state index is 11.0. The van der Waals surface area contributed by atoms with Gasteiger partial charge in [0.15, 0.2) is 5.65 Å². The van der Waals surface area contributed by atoms with Gasteiger partial charge in [-0.05, 0) is 17.5 Å². The molecular formula is C11H12ClN3O. The summed E-state index contributed by atoms with van der Waals surface area (Å²) in [5.41, 5.74) is 7.04. The van der Waals surface area contributed by atoms with Crippen LogP contribution in [0.3, 0.4) is 0 Å². The molecule has 0 spiro atoms. The number of imidazole rings is 1. The zero-order valence-corrected chi connectivity index (χ0v) is 9.82. The highest BCUT2D eigenvalue weighted by Crippen LogP contribution is 2.23. The van der Waals surface area contributed by atoms with Gasteiger partial charge in [0.05, 0.1) is 5.02 Å². The number of fused-ring (bicyclic) bond motifs is 1. The first-order valence-corrected chi connectivity index (χ1v) is 5.35. The third-order valence-electron chi connectivity index (χ3n) is 2.45. The molecule has 2 aromatic rings. The highest BCUT2D eigenvalue weighted by Gasteiger charge is 2.11. The van der Waals surface area contributed by atoms with Gasteiger partial charge in [-0.3, -0.25) is 4.79 Å². The molecule has 0 atom stereocenters. The average Bonchev–Trinajstić information content (AvgIpc) is 2.61. The number of nitrogens with zero attached hydrogens (tertiary/aromatic N) is 2. The lowest BCUT2D eigenvalue weighted by atomic mass is 10.1. The fraction of sp³-hybridized carbons (Fsp3) is 0.273. The smallest absolute Gasteiger partial charge is 0.268 e. The van der Waals surface area contributed by atoms with E-state index >= 15 is 0 Å². The lowest BCUT2D eigenvalue weighted by molar-refractivity contribution is 0.0996. The fourth-order valence-corrected chi connectivity index (χ4v) is 1.78. The van der Waals surface area contributed by atoms with E-state index < -0.39 is 5.91 Å². The minimum Gasteiger partial charge on any atom is -0.364 e. The zero-order valence-electron chi connectivity index (χ0n) is 9.07. The van der Waals surface area contributed by atoms with Crippen LogP contribution >= 0.6 is 11.6 Å². The van der Waals surface area contributed by atoms with Gasteiger partial charge >= 0.3 is 0 Å². The van der Waals surface area contributed by atoms with Crippen LogP contribution in [0.4, 0.5) is 0 Å². The van der Waals surface area contributed by atoms with Crippen molar-refractivity contribution in [1.29, 1.82) is 0 Å². The Kier molecular flexibility index (Phi) is 2.59. The first-order valence-electron chi connectivity index (χ1n) is 4.97.